The molecule has 0 radical (unpaired) electrons. The molecular formula is C17H18FN3O2S. The molecule has 2 amide bonds. The van der Waals surface area contributed by atoms with E-state index in [1.165, 1.54) is 23.5 Å². The van der Waals surface area contributed by atoms with E-state index in [0.717, 1.165) is 10.6 Å². The van der Waals surface area contributed by atoms with E-state index in [2.05, 4.69) is 4.98 Å². The van der Waals surface area contributed by atoms with Gasteiger partial charge in [0.1, 0.15) is 11.5 Å². The summed E-state index contributed by atoms with van der Waals surface area (Å²) in [6.45, 7) is 3.48. The van der Waals surface area contributed by atoms with Gasteiger partial charge in [-0.3, -0.25) is 9.59 Å². The highest BCUT2D eigenvalue weighted by atomic mass is 32.1. The van der Waals surface area contributed by atoms with Crippen LogP contribution in [0, 0.1) is 12.7 Å². The Kier molecular flexibility index (Phi) is 4.89. The molecule has 1 fully saturated rings. The Hall–Kier alpha value is -2.28. The molecule has 1 aliphatic heterocycles. The Balaban J connectivity index is 1.67. The van der Waals surface area contributed by atoms with Crippen molar-refractivity contribution in [1.29, 1.82) is 0 Å². The third-order valence-electron chi connectivity index (χ3n) is 3.98. The first-order valence-corrected chi connectivity index (χ1v) is 8.64. The topological polar surface area (TPSA) is 53.5 Å². The molecule has 2 heterocycles. The Morgan fingerprint density at radius 3 is 2.88 bits per heavy atom. The van der Waals surface area contributed by atoms with Gasteiger partial charge in [0.2, 0.25) is 5.91 Å². The molecule has 0 bridgehead atoms. The minimum atomic E-state index is -0.314. The van der Waals surface area contributed by atoms with Crippen molar-refractivity contribution in [3.05, 3.63) is 51.7 Å². The molecule has 1 aromatic carbocycles. The zero-order chi connectivity index (χ0) is 17.1. The van der Waals surface area contributed by atoms with Crippen LogP contribution < -0.4 is 0 Å². The minimum Gasteiger partial charge on any atom is -0.337 e. The molecular weight excluding hydrogens is 329 g/mol. The van der Waals surface area contributed by atoms with Gasteiger partial charge in [-0.2, -0.15) is 0 Å². The van der Waals surface area contributed by atoms with Gasteiger partial charge in [-0.1, -0.05) is 12.1 Å². The number of aromatic nitrogens is 1. The first-order chi connectivity index (χ1) is 11.5. The lowest BCUT2D eigenvalue weighted by Gasteiger charge is -2.22. The van der Waals surface area contributed by atoms with Gasteiger partial charge in [-0.05, 0) is 24.6 Å². The quantitative estimate of drug-likeness (QED) is 0.857. The van der Waals surface area contributed by atoms with Crippen LogP contribution in [0.3, 0.4) is 0 Å². The van der Waals surface area contributed by atoms with Crippen LogP contribution in [0.5, 0.6) is 0 Å². The van der Waals surface area contributed by atoms with Crippen molar-refractivity contribution in [2.24, 2.45) is 0 Å². The molecule has 1 aromatic heterocycles. The predicted octanol–water partition coefficient (Wildman–Crippen LogP) is 2.47. The smallest absolute Gasteiger partial charge is 0.273 e. The summed E-state index contributed by atoms with van der Waals surface area (Å²) in [4.78, 5) is 32.3. The molecule has 0 atom stereocenters. The fourth-order valence-electron chi connectivity index (χ4n) is 2.72. The number of carbonyl (C=O) groups excluding carboxylic acids is 2. The maximum Gasteiger partial charge on any atom is 0.273 e. The Morgan fingerprint density at radius 2 is 2.17 bits per heavy atom. The van der Waals surface area contributed by atoms with Crippen molar-refractivity contribution in [3.8, 4) is 0 Å². The van der Waals surface area contributed by atoms with Crippen molar-refractivity contribution in [3.63, 3.8) is 0 Å². The van der Waals surface area contributed by atoms with Gasteiger partial charge in [0.25, 0.3) is 5.91 Å². The summed E-state index contributed by atoms with van der Waals surface area (Å²) in [7, 11) is 0. The van der Waals surface area contributed by atoms with Gasteiger partial charge in [0.15, 0.2) is 0 Å². The molecule has 3 rings (SSSR count). The number of nitrogens with zero attached hydrogens (tertiary/aromatic N) is 3. The molecule has 5 nitrogen and oxygen atoms in total. The lowest BCUT2D eigenvalue weighted by molar-refractivity contribution is -0.130. The number of hydrogen-bond acceptors (Lipinski definition) is 4. The Labute approximate surface area is 143 Å². The average molecular weight is 347 g/mol. The zero-order valence-electron chi connectivity index (χ0n) is 13.4. The van der Waals surface area contributed by atoms with E-state index in [1.807, 2.05) is 6.92 Å². The van der Waals surface area contributed by atoms with Crippen LogP contribution in [0.2, 0.25) is 0 Å². The summed E-state index contributed by atoms with van der Waals surface area (Å²) >= 11 is 1.43. The number of rotatable bonds is 3. The summed E-state index contributed by atoms with van der Waals surface area (Å²) in [6.07, 6.45) is 0.268. The van der Waals surface area contributed by atoms with Crippen LogP contribution in [0.15, 0.2) is 29.6 Å². The number of benzene rings is 1. The summed E-state index contributed by atoms with van der Waals surface area (Å²) in [5.74, 6) is -0.478. The van der Waals surface area contributed by atoms with Crippen molar-refractivity contribution >= 4 is 23.2 Å². The Bertz CT molecular complexity index is 762. The number of hydrogen-bond donors (Lipinski definition) is 0. The first-order valence-electron chi connectivity index (χ1n) is 7.76. The van der Waals surface area contributed by atoms with Gasteiger partial charge >= 0.3 is 0 Å². The lowest BCUT2D eigenvalue weighted by atomic mass is 10.2. The number of aryl methyl sites for hydroxylation is 1. The van der Waals surface area contributed by atoms with Crippen molar-refractivity contribution in [2.45, 2.75) is 19.9 Å². The monoisotopic (exact) mass is 347 g/mol. The number of halogens is 1. The van der Waals surface area contributed by atoms with Crippen LogP contribution >= 0.6 is 11.3 Å². The van der Waals surface area contributed by atoms with E-state index in [4.69, 9.17) is 0 Å². The molecule has 126 valence electrons. The normalized spacial score (nSPS) is 15.5. The van der Waals surface area contributed by atoms with Gasteiger partial charge in [0.05, 0.1) is 5.01 Å². The minimum absolute atomic E-state index is 0.0241. The molecule has 0 aliphatic carbocycles. The van der Waals surface area contributed by atoms with E-state index >= 15 is 0 Å². The van der Waals surface area contributed by atoms with Crippen LogP contribution in [0.4, 0.5) is 4.39 Å². The van der Waals surface area contributed by atoms with Gasteiger partial charge in [-0.15, -0.1) is 11.3 Å². The van der Waals surface area contributed by atoms with E-state index in [1.54, 1.807) is 27.3 Å². The first kappa shape index (κ1) is 16.6. The summed E-state index contributed by atoms with van der Waals surface area (Å²) in [5.41, 5.74) is 1.18. The van der Waals surface area contributed by atoms with Crippen LogP contribution in [-0.2, 0) is 11.3 Å². The molecule has 24 heavy (non-hydrogen) atoms. The van der Waals surface area contributed by atoms with E-state index < -0.39 is 0 Å². The van der Waals surface area contributed by atoms with Crippen molar-refractivity contribution in [1.82, 2.24) is 14.8 Å². The summed E-state index contributed by atoms with van der Waals surface area (Å²) in [5, 5.41) is 2.59. The summed E-state index contributed by atoms with van der Waals surface area (Å²) in [6, 6.07) is 6.23. The lowest BCUT2D eigenvalue weighted by Crippen LogP contribution is -2.35. The molecule has 2 aromatic rings. The highest BCUT2D eigenvalue weighted by Crippen LogP contribution is 2.15. The SMILES string of the molecule is Cc1nc(C(=O)N2CCC(=O)N(Cc3cccc(F)c3)CC2)cs1. The highest BCUT2D eigenvalue weighted by molar-refractivity contribution is 7.09. The second-order valence-electron chi connectivity index (χ2n) is 5.74. The third-order valence-corrected chi connectivity index (χ3v) is 4.75. The van der Waals surface area contributed by atoms with Crippen LogP contribution in [0.25, 0.3) is 0 Å². The van der Waals surface area contributed by atoms with Gasteiger partial charge in [-0.25, -0.2) is 9.37 Å². The maximum atomic E-state index is 13.3. The van der Waals surface area contributed by atoms with E-state index in [0.29, 0.717) is 31.9 Å². The second kappa shape index (κ2) is 7.09. The number of amides is 2. The average Bonchev–Trinajstić information content (AvgIpc) is 2.91. The van der Waals surface area contributed by atoms with Gasteiger partial charge < -0.3 is 9.80 Å². The third kappa shape index (κ3) is 3.79. The zero-order valence-corrected chi connectivity index (χ0v) is 14.2. The fourth-order valence-corrected chi connectivity index (χ4v) is 3.30. The largest absolute Gasteiger partial charge is 0.337 e. The second-order valence-corrected chi connectivity index (χ2v) is 6.80. The molecule has 0 unspecified atom stereocenters. The van der Waals surface area contributed by atoms with E-state index in [-0.39, 0.29) is 24.1 Å². The molecule has 1 aliphatic rings. The molecule has 1 saturated heterocycles. The number of thiazole rings is 1. The molecule has 7 heteroatoms. The van der Waals surface area contributed by atoms with Crippen LogP contribution in [0.1, 0.15) is 27.5 Å². The standard InChI is InChI=1S/C17H18FN3O2S/c1-12-19-15(11-24-12)17(23)20-6-5-16(22)21(8-7-20)10-13-3-2-4-14(18)9-13/h2-4,9,11H,5-8,10H2,1H3. The van der Waals surface area contributed by atoms with Crippen molar-refractivity contribution in [2.75, 3.05) is 19.6 Å². The molecule has 0 saturated carbocycles. The molecule has 0 N–H and O–H groups in total. The summed E-state index contributed by atoms with van der Waals surface area (Å²) < 4.78 is 13.3. The Morgan fingerprint density at radius 1 is 1.33 bits per heavy atom. The molecule has 0 spiro atoms. The maximum absolute atomic E-state index is 13.3. The fraction of sp³-hybridized carbons (Fsp3) is 0.353. The predicted molar refractivity (Wildman–Crippen MR) is 89.2 cm³/mol. The van der Waals surface area contributed by atoms with Crippen molar-refractivity contribution < 1.29 is 14.0 Å². The van der Waals surface area contributed by atoms with Crippen LogP contribution in [-0.4, -0.2) is 46.2 Å². The highest BCUT2D eigenvalue weighted by Gasteiger charge is 2.25. The van der Waals surface area contributed by atoms with Gasteiger partial charge in [0, 0.05) is 38.0 Å². The van der Waals surface area contributed by atoms with E-state index in [9.17, 15) is 14.0 Å². The number of carbonyl (C=O) groups is 2.